The van der Waals surface area contributed by atoms with Crippen molar-refractivity contribution in [1.29, 1.82) is 0 Å². The van der Waals surface area contributed by atoms with Crippen LogP contribution in [0.5, 0.6) is 0 Å². The highest BCUT2D eigenvalue weighted by Gasteiger charge is 2.24. The molecule has 2 aromatic rings. The fourth-order valence-electron chi connectivity index (χ4n) is 1.89. The van der Waals surface area contributed by atoms with Crippen LogP contribution in [0.3, 0.4) is 0 Å². The molecule has 0 spiro atoms. The van der Waals surface area contributed by atoms with Crippen LogP contribution < -0.4 is 5.32 Å². The molecule has 1 fully saturated rings. The number of rotatable bonds is 3. The monoisotopic (exact) mass is 230 g/mol. The van der Waals surface area contributed by atoms with E-state index in [9.17, 15) is 4.79 Å². The number of nitrogens with one attached hydrogen (secondary N) is 1. The first-order chi connectivity index (χ1) is 8.22. The average molecular weight is 230 g/mol. The Morgan fingerprint density at radius 2 is 2.35 bits per heavy atom. The summed E-state index contributed by atoms with van der Waals surface area (Å²) in [6, 6.07) is 6.26. The topological polar surface area (TPSA) is 55.1 Å². The number of hydrogen-bond donors (Lipinski definition) is 1. The fraction of sp³-hybridized carbons (Fsp3) is 0.385. The first kappa shape index (κ1) is 10.3. The van der Waals surface area contributed by atoms with Crippen molar-refractivity contribution in [1.82, 2.24) is 10.5 Å². The van der Waals surface area contributed by atoms with Gasteiger partial charge in [-0.3, -0.25) is 4.79 Å². The van der Waals surface area contributed by atoms with Gasteiger partial charge in [0.05, 0.1) is 6.42 Å². The van der Waals surface area contributed by atoms with E-state index < -0.39 is 0 Å². The molecule has 0 saturated heterocycles. The average Bonchev–Trinajstić information content (AvgIpc) is 3.01. The molecule has 1 aliphatic carbocycles. The number of aryl methyl sites for hydroxylation is 1. The first-order valence-electron chi connectivity index (χ1n) is 5.86. The van der Waals surface area contributed by atoms with Crippen molar-refractivity contribution in [2.45, 2.75) is 32.2 Å². The highest BCUT2D eigenvalue weighted by atomic mass is 16.5. The van der Waals surface area contributed by atoms with E-state index in [-0.39, 0.29) is 5.91 Å². The van der Waals surface area contributed by atoms with Gasteiger partial charge in [0.25, 0.3) is 0 Å². The summed E-state index contributed by atoms with van der Waals surface area (Å²) in [6.07, 6.45) is 2.50. The van der Waals surface area contributed by atoms with E-state index >= 15 is 0 Å². The second-order valence-corrected chi connectivity index (χ2v) is 4.65. The lowest BCUT2D eigenvalue weighted by atomic mass is 10.1. The molecule has 1 aromatic carbocycles. The van der Waals surface area contributed by atoms with Gasteiger partial charge in [-0.2, -0.15) is 0 Å². The molecule has 1 aromatic heterocycles. The predicted octanol–water partition coefficient (Wildman–Crippen LogP) is 1.96. The second-order valence-electron chi connectivity index (χ2n) is 4.65. The van der Waals surface area contributed by atoms with Crippen LogP contribution in [0.4, 0.5) is 0 Å². The van der Waals surface area contributed by atoms with Gasteiger partial charge in [-0.15, -0.1) is 0 Å². The molecule has 3 rings (SSSR count). The normalized spacial score (nSPS) is 15.1. The molecule has 0 radical (unpaired) electrons. The van der Waals surface area contributed by atoms with Gasteiger partial charge in [0.1, 0.15) is 5.69 Å². The summed E-state index contributed by atoms with van der Waals surface area (Å²) >= 11 is 0. The zero-order chi connectivity index (χ0) is 11.8. The van der Waals surface area contributed by atoms with E-state index in [4.69, 9.17) is 4.52 Å². The Morgan fingerprint density at radius 1 is 1.53 bits per heavy atom. The number of nitrogens with zero attached hydrogens (tertiary/aromatic N) is 1. The number of fused-ring (bicyclic) bond motifs is 1. The van der Waals surface area contributed by atoms with E-state index in [2.05, 4.69) is 10.5 Å². The Morgan fingerprint density at radius 3 is 3.12 bits per heavy atom. The molecular formula is C13H14N2O2. The number of aromatic nitrogens is 1. The van der Waals surface area contributed by atoms with Gasteiger partial charge in [0.15, 0.2) is 5.58 Å². The number of carbonyl (C=O) groups is 1. The zero-order valence-corrected chi connectivity index (χ0v) is 9.69. The number of benzene rings is 1. The van der Waals surface area contributed by atoms with Gasteiger partial charge in [-0.1, -0.05) is 16.8 Å². The Kier molecular flexibility index (Phi) is 2.35. The molecule has 4 heteroatoms. The van der Waals surface area contributed by atoms with Gasteiger partial charge in [0, 0.05) is 11.4 Å². The van der Waals surface area contributed by atoms with E-state index in [1.165, 1.54) is 0 Å². The maximum atomic E-state index is 11.7. The van der Waals surface area contributed by atoms with Crippen molar-refractivity contribution in [3.8, 4) is 0 Å². The summed E-state index contributed by atoms with van der Waals surface area (Å²) in [5.74, 6) is 0.0317. The summed E-state index contributed by atoms with van der Waals surface area (Å²) in [5, 5.41) is 7.86. The zero-order valence-electron chi connectivity index (χ0n) is 9.69. The fourth-order valence-corrected chi connectivity index (χ4v) is 1.89. The van der Waals surface area contributed by atoms with Crippen LogP contribution in [-0.2, 0) is 11.2 Å². The van der Waals surface area contributed by atoms with Crippen LogP contribution in [0.1, 0.15) is 24.1 Å². The molecule has 1 heterocycles. The summed E-state index contributed by atoms with van der Waals surface area (Å²) < 4.78 is 5.20. The summed E-state index contributed by atoms with van der Waals surface area (Å²) in [7, 11) is 0. The van der Waals surface area contributed by atoms with Crippen LogP contribution in [0.2, 0.25) is 0 Å². The standard InChI is InChI=1S/C13H14N2O2/c1-8-2-5-12-10(6-8)11(15-17-12)7-13(16)14-9-3-4-9/h2,5-6,9H,3-4,7H2,1H3,(H,14,16). The molecular weight excluding hydrogens is 216 g/mol. The van der Waals surface area contributed by atoms with Crippen LogP contribution in [0.15, 0.2) is 22.7 Å². The van der Waals surface area contributed by atoms with Crippen LogP contribution in [0.25, 0.3) is 11.0 Å². The Hall–Kier alpha value is -1.84. The molecule has 1 N–H and O–H groups in total. The molecule has 1 amide bonds. The lowest BCUT2D eigenvalue weighted by Crippen LogP contribution is -2.27. The third kappa shape index (κ3) is 2.16. The highest BCUT2D eigenvalue weighted by Crippen LogP contribution is 2.21. The summed E-state index contributed by atoms with van der Waals surface area (Å²) in [4.78, 5) is 11.7. The van der Waals surface area contributed by atoms with Gasteiger partial charge in [-0.25, -0.2) is 0 Å². The van der Waals surface area contributed by atoms with E-state index in [0.717, 1.165) is 35.1 Å². The van der Waals surface area contributed by atoms with Crippen molar-refractivity contribution in [3.05, 3.63) is 29.5 Å². The molecule has 17 heavy (non-hydrogen) atoms. The SMILES string of the molecule is Cc1ccc2onc(CC(=O)NC3CC3)c2c1. The molecule has 4 nitrogen and oxygen atoms in total. The van der Waals surface area contributed by atoms with Gasteiger partial charge in [0.2, 0.25) is 5.91 Å². The highest BCUT2D eigenvalue weighted by molar-refractivity contribution is 5.86. The van der Waals surface area contributed by atoms with Crippen LogP contribution in [-0.4, -0.2) is 17.1 Å². The number of amides is 1. The summed E-state index contributed by atoms with van der Waals surface area (Å²) in [6.45, 7) is 2.01. The number of carbonyl (C=O) groups excluding carboxylic acids is 1. The van der Waals surface area contributed by atoms with E-state index in [1.54, 1.807) is 0 Å². The van der Waals surface area contributed by atoms with E-state index in [1.807, 2.05) is 25.1 Å². The Bertz CT molecular complexity index is 570. The van der Waals surface area contributed by atoms with Crippen molar-refractivity contribution in [2.24, 2.45) is 0 Å². The van der Waals surface area contributed by atoms with Crippen molar-refractivity contribution in [3.63, 3.8) is 0 Å². The van der Waals surface area contributed by atoms with Crippen molar-refractivity contribution in [2.75, 3.05) is 0 Å². The minimum Gasteiger partial charge on any atom is -0.356 e. The number of hydrogen-bond acceptors (Lipinski definition) is 3. The molecule has 0 aliphatic heterocycles. The predicted molar refractivity (Wildman–Crippen MR) is 63.6 cm³/mol. The largest absolute Gasteiger partial charge is 0.356 e. The third-order valence-electron chi connectivity index (χ3n) is 2.97. The Labute approximate surface area is 99.0 Å². The molecule has 88 valence electrons. The quantitative estimate of drug-likeness (QED) is 0.876. The second kappa shape index (κ2) is 3.87. The van der Waals surface area contributed by atoms with Crippen LogP contribution in [0, 0.1) is 6.92 Å². The Balaban J connectivity index is 1.83. The first-order valence-corrected chi connectivity index (χ1v) is 5.86. The van der Waals surface area contributed by atoms with Crippen LogP contribution >= 0.6 is 0 Å². The van der Waals surface area contributed by atoms with Gasteiger partial charge in [-0.05, 0) is 31.9 Å². The van der Waals surface area contributed by atoms with Crippen molar-refractivity contribution < 1.29 is 9.32 Å². The minimum absolute atomic E-state index is 0.0317. The smallest absolute Gasteiger partial charge is 0.226 e. The molecule has 1 saturated carbocycles. The molecule has 0 unspecified atom stereocenters. The molecule has 0 atom stereocenters. The maximum Gasteiger partial charge on any atom is 0.226 e. The van der Waals surface area contributed by atoms with Gasteiger partial charge >= 0.3 is 0 Å². The lowest BCUT2D eigenvalue weighted by Gasteiger charge is -2.00. The minimum atomic E-state index is 0.0317. The molecule has 0 bridgehead atoms. The van der Waals surface area contributed by atoms with E-state index in [0.29, 0.717) is 12.5 Å². The lowest BCUT2D eigenvalue weighted by molar-refractivity contribution is -0.120. The maximum absolute atomic E-state index is 11.7. The van der Waals surface area contributed by atoms with Gasteiger partial charge < -0.3 is 9.84 Å². The summed E-state index contributed by atoms with van der Waals surface area (Å²) in [5.41, 5.74) is 2.61. The van der Waals surface area contributed by atoms with Crippen molar-refractivity contribution >= 4 is 16.9 Å². The molecule has 1 aliphatic rings. The third-order valence-corrected chi connectivity index (χ3v) is 2.97.